The smallest absolute Gasteiger partial charge is 0.261 e. The molecule has 2 heterocycles. The van der Waals surface area contributed by atoms with Gasteiger partial charge in [0, 0.05) is 6.07 Å². The Bertz CT molecular complexity index is 855. The third-order valence-corrected chi connectivity index (χ3v) is 4.28. The molecule has 1 aromatic carbocycles. The molecule has 7 heteroatoms. The van der Waals surface area contributed by atoms with Crippen molar-refractivity contribution in [3.8, 4) is 5.69 Å². The number of amides is 2. The predicted octanol–water partition coefficient (Wildman–Crippen LogP) is 2.61. The van der Waals surface area contributed by atoms with Crippen LogP contribution >= 0.6 is 11.3 Å². The van der Waals surface area contributed by atoms with Crippen LogP contribution in [0.25, 0.3) is 5.69 Å². The largest absolute Gasteiger partial charge is 0.342 e. The van der Waals surface area contributed by atoms with Gasteiger partial charge in [0.1, 0.15) is 5.82 Å². The summed E-state index contributed by atoms with van der Waals surface area (Å²) in [6.07, 6.45) is 1.62. The molecule has 3 rings (SSSR count). The molecule has 0 fully saturated rings. The average Bonchev–Trinajstić information content (AvgIpc) is 3.25. The van der Waals surface area contributed by atoms with Crippen LogP contribution in [0.2, 0.25) is 0 Å². The van der Waals surface area contributed by atoms with Crippen molar-refractivity contribution in [3.63, 3.8) is 0 Å². The second-order valence-electron chi connectivity index (χ2n) is 5.12. The van der Waals surface area contributed by atoms with Gasteiger partial charge in [-0.2, -0.15) is 5.10 Å². The summed E-state index contributed by atoms with van der Waals surface area (Å²) in [6.45, 7) is 1.87. The second kappa shape index (κ2) is 7.10. The van der Waals surface area contributed by atoms with Crippen molar-refractivity contribution in [2.75, 3.05) is 11.9 Å². The maximum Gasteiger partial charge on any atom is 0.261 e. The Labute approximate surface area is 143 Å². The Morgan fingerprint density at radius 1 is 1.17 bits per heavy atom. The number of nitrogens with zero attached hydrogens (tertiary/aromatic N) is 2. The van der Waals surface area contributed by atoms with Gasteiger partial charge in [0.05, 0.1) is 23.3 Å². The van der Waals surface area contributed by atoms with Gasteiger partial charge in [-0.1, -0.05) is 24.3 Å². The highest BCUT2D eigenvalue weighted by Crippen LogP contribution is 2.18. The zero-order valence-electron chi connectivity index (χ0n) is 13.0. The van der Waals surface area contributed by atoms with Gasteiger partial charge >= 0.3 is 0 Å². The van der Waals surface area contributed by atoms with E-state index in [1.54, 1.807) is 29.1 Å². The molecule has 0 radical (unpaired) electrons. The molecule has 0 saturated heterocycles. The summed E-state index contributed by atoms with van der Waals surface area (Å²) in [7, 11) is 0. The molecule has 0 aliphatic rings. The summed E-state index contributed by atoms with van der Waals surface area (Å²) in [4.78, 5) is 24.5. The van der Waals surface area contributed by atoms with E-state index >= 15 is 0 Å². The number of carbonyl (C=O) groups excluding carboxylic acids is 2. The van der Waals surface area contributed by atoms with Crippen molar-refractivity contribution < 1.29 is 9.59 Å². The minimum Gasteiger partial charge on any atom is -0.342 e. The van der Waals surface area contributed by atoms with Crippen LogP contribution in [0.15, 0.2) is 54.0 Å². The zero-order chi connectivity index (χ0) is 16.9. The first-order valence-corrected chi connectivity index (χ1v) is 8.24. The highest BCUT2D eigenvalue weighted by Gasteiger charge is 2.12. The molecule has 2 N–H and O–H groups in total. The summed E-state index contributed by atoms with van der Waals surface area (Å²) < 4.78 is 1.66. The molecule has 0 aliphatic carbocycles. The first-order chi connectivity index (χ1) is 11.6. The molecule has 2 aromatic heterocycles. The number of hydrogen-bond donors (Lipinski definition) is 2. The van der Waals surface area contributed by atoms with Gasteiger partial charge < -0.3 is 10.6 Å². The van der Waals surface area contributed by atoms with E-state index in [0.29, 0.717) is 10.7 Å². The molecule has 24 heavy (non-hydrogen) atoms. The van der Waals surface area contributed by atoms with Crippen LogP contribution in [-0.2, 0) is 4.79 Å². The van der Waals surface area contributed by atoms with Crippen molar-refractivity contribution in [2.24, 2.45) is 0 Å². The van der Waals surface area contributed by atoms with E-state index in [2.05, 4.69) is 15.7 Å². The molecule has 0 bridgehead atoms. The fourth-order valence-electron chi connectivity index (χ4n) is 2.23. The fourth-order valence-corrected chi connectivity index (χ4v) is 2.87. The Balaban J connectivity index is 1.65. The summed E-state index contributed by atoms with van der Waals surface area (Å²) in [6, 6.07) is 13.0. The number of thiophene rings is 1. The lowest BCUT2D eigenvalue weighted by Crippen LogP contribution is -2.32. The van der Waals surface area contributed by atoms with Gasteiger partial charge in [-0.3, -0.25) is 9.59 Å². The number of aromatic nitrogens is 2. The van der Waals surface area contributed by atoms with E-state index in [0.717, 1.165) is 11.3 Å². The van der Waals surface area contributed by atoms with Crippen molar-refractivity contribution in [3.05, 3.63) is 64.5 Å². The standard InChI is InChI=1S/C17H16N4O2S/c1-12-5-2-3-6-13(12)21-15(8-9-19-21)20-16(22)11-18-17(23)14-7-4-10-24-14/h2-10H,11H2,1H3,(H,18,23)(H,20,22). The number of aryl methyl sites for hydroxylation is 1. The molecule has 0 spiro atoms. The van der Waals surface area contributed by atoms with Crippen LogP contribution in [0.5, 0.6) is 0 Å². The second-order valence-corrected chi connectivity index (χ2v) is 6.07. The number of nitrogens with one attached hydrogen (secondary N) is 2. The molecular weight excluding hydrogens is 324 g/mol. The molecule has 3 aromatic rings. The molecule has 2 amide bonds. The first-order valence-electron chi connectivity index (χ1n) is 7.37. The third kappa shape index (κ3) is 3.52. The van der Waals surface area contributed by atoms with Crippen LogP contribution < -0.4 is 10.6 Å². The summed E-state index contributed by atoms with van der Waals surface area (Å²) in [5.41, 5.74) is 1.93. The monoisotopic (exact) mass is 340 g/mol. The lowest BCUT2D eigenvalue weighted by molar-refractivity contribution is -0.115. The summed E-state index contributed by atoms with van der Waals surface area (Å²) in [5.74, 6) is -0.0116. The highest BCUT2D eigenvalue weighted by atomic mass is 32.1. The van der Waals surface area contributed by atoms with E-state index < -0.39 is 0 Å². The number of para-hydroxylation sites is 1. The van der Waals surface area contributed by atoms with E-state index in [9.17, 15) is 9.59 Å². The summed E-state index contributed by atoms with van der Waals surface area (Å²) in [5, 5.41) is 11.4. The minimum absolute atomic E-state index is 0.102. The molecule has 0 unspecified atom stereocenters. The Morgan fingerprint density at radius 2 is 2.00 bits per heavy atom. The Hall–Kier alpha value is -2.93. The van der Waals surface area contributed by atoms with Gasteiger partial charge in [-0.15, -0.1) is 11.3 Å². The summed E-state index contributed by atoms with van der Waals surface area (Å²) >= 11 is 1.33. The van der Waals surface area contributed by atoms with Gasteiger partial charge in [0.2, 0.25) is 5.91 Å². The maximum atomic E-state index is 12.1. The topological polar surface area (TPSA) is 76.0 Å². The first kappa shape index (κ1) is 15.9. The van der Waals surface area contributed by atoms with Gasteiger partial charge in [-0.25, -0.2) is 4.68 Å². The van der Waals surface area contributed by atoms with Crippen molar-refractivity contribution in [1.82, 2.24) is 15.1 Å². The van der Waals surface area contributed by atoms with E-state index in [1.807, 2.05) is 36.6 Å². The molecule has 0 atom stereocenters. The average molecular weight is 340 g/mol. The van der Waals surface area contributed by atoms with Crippen LogP contribution in [0.1, 0.15) is 15.2 Å². The third-order valence-electron chi connectivity index (χ3n) is 3.41. The van der Waals surface area contributed by atoms with Crippen LogP contribution in [0, 0.1) is 6.92 Å². The molecule has 0 saturated carbocycles. The molecule has 122 valence electrons. The van der Waals surface area contributed by atoms with E-state index in [4.69, 9.17) is 0 Å². The quantitative estimate of drug-likeness (QED) is 0.749. The molecule has 0 aliphatic heterocycles. The number of rotatable bonds is 5. The lowest BCUT2D eigenvalue weighted by atomic mass is 10.2. The van der Waals surface area contributed by atoms with Crippen LogP contribution in [-0.4, -0.2) is 28.1 Å². The highest BCUT2D eigenvalue weighted by molar-refractivity contribution is 7.12. The van der Waals surface area contributed by atoms with Crippen molar-refractivity contribution in [2.45, 2.75) is 6.92 Å². The van der Waals surface area contributed by atoms with E-state index in [-0.39, 0.29) is 18.4 Å². The van der Waals surface area contributed by atoms with Crippen molar-refractivity contribution in [1.29, 1.82) is 0 Å². The lowest BCUT2D eigenvalue weighted by Gasteiger charge is -2.11. The van der Waals surface area contributed by atoms with Gasteiger partial charge in [0.15, 0.2) is 0 Å². The van der Waals surface area contributed by atoms with Gasteiger partial charge in [-0.05, 0) is 30.0 Å². The van der Waals surface area contributed by atoms with E-state index in [1.165, 1.54) is 11.3 Å². The van der Waals surface area contributed by atoms with Crippen molar-refractivity contribution >= 4 is 29.0 Å². The zero-order valence-corrected chi connectivity index (χ0v) is 13.8. The normalized spacial score (nSPS) is 10.4. The number of carbonyl (C=O) groups is 2. The Morgan fingerprint density at radius 3 is 2.75 bits per heavy atom. The fraction of sp³-hybridized carbons (Fsp3) is 0.118. The van der Waals surface area contributed by atoms with Crippen LogP contribution in [0.3, 0.4) is 0 Å². The SMILES string of the molecule is Cc1ccccc1-n1nccc1NC(=O)CNC(=O)c1cccs1. The van der Waals surface area contributed by atoms with Gasteiger partial charge in [0.25, 0.3) is 5.91 Å². The Kier molecular flexibility index (Phi) is 4.72. The van der Waals surface area contributed by atoms with Crippen LogP contribution in [0.4, 0.5) is 5.82 Å². The number of benzene rings is 1. The predicted molar refractivity (Wildman–Crippen MR) is 93.6 cm³/mol. The minimum atomic E-state index is -0.310. The number of anilines is 1. The molecular formula is C17H16N4O2S. The maximum absolute atomic E-state index is 12.1. The number of hydrogen-bond acceptors (Lipinski definition) is 4. The molecule has 6 nitrogen and oxygen atoms in total.